The molecule has 0 aliphatic carbocycles. The Labute approximate surface area is 168 Å². The first kappa shape index (κ1) is 44.4. The van der Waals surface area contributed by atoms with Crippen molar-refractivity contribution in [3.63, 3.8) is 0 Å². The highest BCUT2D eigenvalue weighted by atomic mass is 14.0. The zero-order valence-electron chi connectivity index (χ0n) is 21.9. The molecule has 0 aromatic heterocycles. The van der Waals surface area contributed by atoms with Gasteiger partial charge < -0.3 is 0 Å². The lowest BCUT2D eigenvalue weighted by Gasteiger charge is -2.02. The molecular weight excluding hydrogens is 300 g/mol. The van der Waals surface area contributed by atoms with Crippen molar-refractivity contribution in [3.8, 4) is 0 Å². The Morgan fingerprint density at radius 3 is 0.600 bits per heavy atom. The molecule has 0 aliphatic rings. The molecular formula is C25H64. The van der Waals surface area contributed by atoms with Gasteiger partial charge in [0, 0.05) is 0 Å². The van der Waals surface area contributed by atoms with Gasteiger partial charge in [0.05, 0.1) is 0 Å². The molecule has 0 amide bonds. The Morgan fingerprint density at radius 2 is 0.560 bits per heavy atom. The maximum atomic E-state index is 2.31. The molecule has 164 valence electrons. The van der Waals surface area contributed by atoms with Gasteiger partial charge in [0.2, 0.25) is 0 Å². The summed E-state index contributed by atoms with van der Waals surface area (Å²) in [6, 6.07) is 0. The van der Waals surface area contributed by atoms with Crippen molar-refractivity contribution in [2.75, 3.05) is 0 Å². The SMILES string of the molecule is CCC.CCC.CCC.CCC.CCC.CCC.CCCC(C)CC. The standard InChI is InChI=1S/C7H16.6C3H8/c1-4-6-7(3)5-2;6*1-3-2/h7H,4-6H2,1-3H3;6*3H2,1-2H3. The first-order valence-electron chi connectivity index (χ1n) is 11.8. The van der Waals surface area contributed by atoms with Crippen LogP contribution in [0, 0.1) is 5.92 Å². The normalized spacial score (nSPS) is 8.28. The van der Waals surface area contributed by atoms with Gasteiger partial charge in [-0.1, -0.05) is 162 Å². The lowest BCUT2D eigenvalue weighted by Crippen LogP contribution is -1.88. The van der Waals surface area contributed by atoms with Gasteiger partial charge in [0.1, 0.15) is 0 Å². The van der Waals surface area contributed by atoms with Gasteiger partial charge in [-0.2, -0.15) is 0 Å². The zero-order valence-corrected chi connectivity index (χ0v) is 21.9. The summed E-state index contributed by atoms with van der Waals surface area (Å²) < 4.78 is 0. The number of hydrogen-bond donors (Lipinski definition) is 0. The highest BCUT2D eigenvalue weighted by Gasteiger charge is 1.92. The Kier molecular flexibility index (Phi) is 157. The Morgan fingerprint density at radius 1 is 0.400 bits per heavy atom. The highest BCUT2D eigenvalue weighted by molar-refractivity contribution is 4.45. The molecule has 1 unspecified atom stereocenters. The fourth-order valence-corrected chi connectivity index (χ4v) is 0.697. The summed E-state index contributed by atoms with van der Waals surface area (Å²) in [5.41, 5.74) is 0. The summed E-state index contributed by atoms with van der Waals surface area (Å²) in [4.78, 5) is 0. The van der Waals surface area contributed by atoms with Crippen LogP contribution in [0.1, 0.15) is 162 Å². The van der Waals surface area contributed by atoms with Gasteiger partial charge in [-0.3, -0.25) is 0 Å². The smallest absolute Gasteiger partial charge is 0.0446 e. The molecule has 0 bridgehead atoms. The quantitative estimate of drug-likeness (QED) is 0.467. The van der Waals surface area contributed by atoms with E-state index in [-0.39, 0.29) is 0 Å². The minimum atomic E-state index is 0.949. The largest absolute Gasteiger partial charge is 0.0656 e. The van der Waals surface area contributed by atoms with Gasteiger partial charge >= 0.3 is 0 Å². The van der Waals surface area contributed by atoms with Crippen LogP contribution in [-0.4, -0.2) is 0 Å². The Bertz CT molecular complexity index is 70.5. The van der Waals surface area contributed by atoms with Crippen LogP contribution >= 0.6 is 0 Å². The van der Waals surface area contributed by atoms with Gasteiger partial charge in [0.25, 0.3) is 0 Å². The van der Waals surface area contributed by atoms with E-state index in [1.165, 1.54) is 57.8 Å². The van der Waals surface area contributed by atoms with Crippen molar-refractivity contribution in [2.24, 2.45) is 5.92 Å². The molecule has 0 N–H and O–H groups in total. The van der Waals surface area contributed by atoms with Gasteiger partial charge in [-0.25, -0.2) is 0 Å². The van der Waals surface area contributed by atoms with Crippen LogP contribution < -0.4 is 0 Å². The lowest BCUT2D eigenvalue weighted by molar-refractivity contribution is 0.509. The van der Waals surface area contributed by atoms with Crippen LogP contribution in [0.4, 0.5) is 0 Å². The summed E-state index contributed by atoms with van der Waals surface area (Å²) >= 11 is 0. The van der Waals surface area contributed by atoms with E-state index in [2.05, 4.69) is 104 Å². The third-order valence-electron chi connectivity index (χ3n) is 1.48. The molecule has 0 heteroatoms. The molecule has 25 heavy (non-hydrogen) atoms. The predicted molar refractivity (Wildman–Crippen MR) is 130 cm³/mol. The number of hydrogen-bond acceptors (Lipinski definition) is 0. The fraction of sp³-hybridized carbons (Fsp3) is 1.00. The van der Waals surface area contributed by atoms with E-state index in [9.17, 15) is 0 Å². The molecule has 0 saturated heterocycles. The van der Waals surface area contributed by atoms with E-state index in [1.807, 2.05) is 0 Å². The average Bonchev–Trinajstić information content (AvgIpc) is 2.52. The monoisotopic (exact) mass is 365 g/mol. The van der Waals surface area contributed by atoms with E-state index in [0.29, 0.717) is 0 Å². The Balaban J connectivity index is -0.0000000316. The van der Waals surface area contributed by atoms with Crippen LogP contribution in [0.25, 0.3) is 0 Å². The molecule has 0 spiro atoms. The fourth-order valence-electron chi connectivity index (χ4n) is 0.697. The van der Waals surface area contributed by atoms with E-state index < -0.39 is 0 Å². The molecule has 0 rings (SSSR count). The summed E-state index contributed by atoms with van der Waals surface area (Å²) in [6.07, 6.45) is 11.6. The van der Waals surface area contributed by atoms with E-state index in [4.69, 9.17) is 0 Å². The minimum absolute atomic E-state index is 0.949. The summed E-state index contributed by atoms with van der Waals surface area (Å²) in [7, 11) is 0. The molecule has 0 nitrogen and oxygen atoms in total. The highest BCUT2D eigenvalue weighted by Crippen LogP contribution is 2.07. The van der Waals surface area contributed by atoms with E-state index in [0.717, 1.165) is 5.92 Å². The van der Waals surface area contributed by atoms with Crippen LogP contribution in [0.3, 0.4) is 0 Å². The zero-order chi connectivity index (χ0) is 21.9. The van der Waals surface area contributed by atoms with E-state index >= 15 is 0 Å². The predicted octanol–water partition coefficient (Wildman–Crippen LogP) is 11.3. The second-order valence-electron chi connectivity index (χ2n) is 6.54. The second-order valence-corrected chi connectivity index (χ2v) is 6.54. The minimum Gasteiger partial charge on any atom is -0.0656 e. The van der Waals surface area contributed by atoms with Crippen molar-refractivity contribution in [3.05, 3.63) is 0 Å². The van der Waals surface area contributed by atoms with Crippen LogP contribution in [0.2, 0.25) is 0 Å². The first-order valence-corrected chi connectivity index (χ1v) is 11.8. The summed E-state index contributed by atoms with van der Waals surface area (Å²) in [6.45, 7) is 32.3. The van der Waals surface area contributed by atoms with Crippen molar-refractivity contribution in [1.82, 2.24) is 0 Å². The van der Waals surface area contributed by atoms with Gasteiger partial charge in [-0.15, -0.1) is 0 Å². The lowest BCUT2D eigenvalue weighted by atomic mass is 10.0. The van der Waals surface area contributed by atoms with Crippen LogP contribution in [0.15, 0.2) is 0 Å². The molecule has 0 fully saturated rings. The number of rotatable bonds is 3. The maximum Gasteiger partial charge on any atom is -0.0446 e. The van der Waals surface area contributed by atoms with Crippen molar-refractivity contribution in [2.45, 2.75) is 162 Å². The molecule has 0 radical (unpaired) electrons. The third-order valence-corrected chi connectivity index (χ3v) is 1.48. The molecule has 0 aromatic rings. The van der Waals surface area contributed by atoms with Crippen molar-refractivity contribution in [1.29, 1.82) is 0 Å². The average molecular weight is 365 g/mol. The molecule has 0 aromatic carbocycles. The van der Waals surface area contributed by atoms with Crippen molar-refractivity contribution < 1.29 is 0 Å². The summed E-state index contributed by atoms with van der Waals surface area (Å²) in [5, 5.41) is 0. The molecule has 0 saturated carbocycles. The van der Waals surface area contributed by atoms with Crippen LogP contribution in [0.5, 0.6) is 0 Å². The summed E-state index contributed by atoms with van der Waals surface area (Å²) in [5.74, 6) is 0.949. The Hall–Kier alpha value is 0. The first-order chi connectivity index (χ1) is 11.8. The van der Waals surface area contributed by atoms with E-state index in [1.54, 1.807) is 0 Å². The van der Waals surface area contributed by atoms with Crippen LogP contribution in [-0.2, 0) is 0 Å². The van der Waals surface area contributed by atoms with Gasteiger partial charge in [-0.05, 0) is 5.92 Å². The molecule has 0 heterocycles. The topological polar surface area (TPSA) is 0 Å². The maximum absolute atomic E-state index is 2.31. The van der Waals surface area contributed by atoms with Gasteiger partial charge in [0.15, 0.2) is 0 Å². The molecule has 0 aliphatic heterocycles. The third kappa shape index (κ3) is 465. The van der Waals surface area contributed by atoms with Crippen molar-refractivity contribution >= 4 is 0 Å². The second kappa shape index (κ2) is 88.2. The molecule has 1 atom stereocenters.